The molecule has 0 aliphatic heterocycles. The van der Waals surface area contributed by atoms with E-state index in [2.05, 4.69) is 18.6 Å². The van der Waals surface area contributed by atoms with Crippen molar-refractivity contribution in [3.8, 4) is 0 Å². The van der Waals surface area contributed by atoms with Gasteiger partial charge < -0.3 is 0 Å². The summed E-state index contributed by atoms with van der Waals surface area (Å²) in [6, 6.07) is 0. The van der Waals surface area contributed by atoms with Crippen molar-refractivity contribution < 1.29 is 8.42 Å². The Morgan fingerprint density at radius 2 is 1.54 bits per heavy atom. The first-order chi connectivity index (χ1) is 5.95. The molecule has 1 aliphatic rings. The maximum absolute atomic E-state index is 11.5. The largest absolute Gasteiger partial charge is 0.218 e. The lowest BCUT2D eigenvalue weighted by atomic mass is 9.83. The summed E-state index contributed by atoms with van der Waals surface area (Å²) in [5.41, 5.74) is 0. The molecule has 13 heavy (non-hydrogen) atoms. The van der Waals surface area contributed by atoms with Gasteiger partial charge in [0.25, 0.3) is 0 Å². The molecule has 0 aromatic carbocycles. The molecule has 1 N–H and O–H groups in total. The first kappa shape index (κ1) is 11.0. The van der Waals surface area contributed by atoms with Gasteiger partial charge in [0.05, 0.1) is 5.25 Å². The normalized spacial score (nSPS) is 36.1. The van der Waals surface area contributed by atoms with E-state index in [0.717, 1.165) is 19.3 Å². The van der Waals surface area contributed by atoms with Crippen LogP contribution in [0.3, 0.4) is 0 Å². The average Bonchev–Trinajstić information content (AvgIpc) is 2.02. The fraction of sp³-hybridized carbons (Fsp3) is 1.00. The highest BCUT2D eigenvalue weighted by atomic mass is 32.2. The van der Waals surface area contributed by atoms with Gasteiger partial charge in [0.1, 0.15) is 0 Å². The molecule has 0 radical (unpaired) electrons. The van der Waals surface area contributed by atoms with Gasteiger partial charge in [-0.2, -0.15) is 0 Å². The Labute approximate surface area is 81.0 Å². The Kier molecular flexibility index (Phi) is 3.35. The van der Waals surface area contributed by atoms with Crippen molar-refractivity contribution in [3.63, 3.8) is 0 Å². The SMILES string of the molecule is CNS(=O)(=O)C1CC(C)CC(C)C1. The second kappa shape index (κ2) is 3.96. The molecule has 1 aliphatic carbocycles. The van der Waals surface area contributed by atoms with Crippen LogP contribution >= 0.6 is 0 Å². The Hall–Kier alpha value is -0.0900. The summed E-state index contributed by atoms with van der Waals surface area (Å²) in [5.74, 6) is 1.08. The molecule has 0 saturated heterocycles. The van der Waals surface area contributed by atoms with Crippen LogP contribution in [0.4, 0.5) is 0 Å². The molecule has 78 valence electrons. The smallest absolute Gasteiger partial charge is 0.214 e. The summed E-state index contributed by atoms with van der Waals surface area (Å²) in [5, 5.41) is -0.170. The lowest BCUT2D eigenvalue weighted by molar-refractivity contribution is 0.300. The van der Waals surface area contributed by atoms with Crippen LogP contribution in [0.15, 0.2) is 0 Å². The third-order valence-corrected chi connectivity index (χ3v) is 4.69. The Balaban J connectivity index is 2.71. The van der Waals surface area contributed by atoms with Crippen molar-refractivity contribution in [1.82, 2.24) is 4.72 Å². The quantitative estimate of drug-likeness (QED) is 0.740. The molecule has 3 nitrogen and oxygen atoms in total. The molecule has 0 aromatic rings. The average molecular weight is 205 g/mol. The van der Waals surface area contributed by atoms with Crippen molar-refractivity contribution in [2.75, 3.05) is 7.05 Å². The molecule has 0 heterocycles. The third kappa shape index (κ3) is 2.68. The molecular weight excluding hydrogens is 186 g/mol. The van der Waals surface area contributed by atoms with Crippen molar-refractivity contribution in [2.24, 2.45) is 11.8 Å². The summed E-state index contributed by atoms with van der Waals surface area (Å²) >= 11 is 0. The molecule has 1 saturated carbocycles. The minimum Gasteiger partial charge on any atom is -0.218 e. The van der Waals surface area contributed by atoms with Crippen molar-refractivity contribution in [3.05, 3.63) is 0 Å². The lowest BCUT2D eigenvalue weighted by Crippen LogP contribution is -2.37. The van der Waals surface area contributed by atoms with Gasteiger partial charge in [-0.1, -0.05) is 13.8 Å². The standard InChI is InChI=1S/C9H19NO2S/c1-7-4-8(2)6-9(5-7)13(11,12)10-3/h7-10H,4-6H2,1-3H3. The van der Waals surface area contributed by atoms with Gasteiger partial charge in [0, 0.05) is 0 Å². The van der Waals surface area contributed by atoms with Crippen LogP contribution in [0.25, 0.3) is 0 Å². The maximum atomic E-state index is 11.5. The summed E-state index contributed by atoms with van der Waals surface area (Å²) in [7, 11) is -1.54. The van der Waals surface area contributed by atoms with Gasteiger partial charge in [-0.15, -0.1) is 0 Å². The van der Waals surface area contributed by atoms with E-state index >= 15 is 0 Å². The zero-order valence-corrected chi connectivity index (χ0v) is 9.39. The number of nitrogens with one attached hydrogen (secondary N) is 1. The minimum atomic E-state index is -3.04. The van der Waals surface area contributed by atoms with E-state index < -0.39 is 10.0 Å². The van der Waals surface area contributed by atoms with Crippen LogP contribution in [0, 0.1) is 11.8 Å². The molecular formula is C9H19NO2S. The number of hydrogen-bond donors (Lipinski definition) is 1. The molecule has 1 rings (SSSR count). The first-order valence-corrected chi connectivity index (χ1v) is 6.42. The summed E-state index contributed by atoms with van der Waals surface area (Å²) in [6.07, 6.45) is 2.79. The summed E-state index contributed by atoms with van der Waals surface area (Å²) in [6.45, 7) is 4.27. The van der Waals surface area contributed by atoms with E-state index in [1.165, 1.54) is 7.05 Å². The van der Waals surface area contributed by atoms with Gasteiger partial charge in [-0.3, -0.25) is 0 Å². The molecule has 1 fully saturated rings. The molecule has 0 aromatic heterocycles. The summed E-state index contributed by atoms with van der Waals surface area (Å²) in [4.78, 5) is 0. The fourth-order valence-electron chi connectivity index (χ4n) is 2.29. The molecule has 0 spiro atoms. The highest BCUT2D eigenvalue weighted by Crippen LogP contribution is 2.31. The number of sulfonamides is 1. The van der Waals surface area contributed by atoms with Crippen molar-refractivity contribution in [2.45, 2.75) is 38.4 Å². The van der Waals surface area contributed by atoms with E-state index in [4.69, 9.17) is 0 Å². The Bertz CT molecular complexity index is 251. The maximum Gasteiger partial charge on any atom is 0.214 e. The number of hydrogen-bond acceptors (Lipinski definition) is 2. The minimum absolute atomic E-state index is 0.170. The van der Waals surface area contributed by atoms with Crippen LogP contribution in [-0.4, -0.2) is 20.7 Å². The molecule has 0 amide bonds. The molecule has 4 heteroatoms. The topological polar surface area (TPSA) is 46.2 Å². The van der Waals surface area contributed by atoms with Crippen LogP contribution < -0.4 is 4.72 Å². The van der Waals surface area contributed by atoms with Crippen LogP contribution in [0.1, 0.15) is 33.1 Å². The lowest BCUT2D eigenvalue weighted by Gasteiger charge is -2.30. The fourth-order valence-corrected chi connectivity index (χ4v) is 3.79. The molecule has 0 bridgehead atoms. The van der Waals surface area contributed by atoms with Gasteiger partial charge in [-0.05, 0) is 38.1 Å². The van der Waals surface area contributed by atoms with E-state index in [0.29, 0.717) is 11.8 Å². The van der Waals surface area contributed by atoms with E-state index in [1.807, 2.05) is 0 Å². The summed E-state index contributed by atoms with van der Waals surface area (Å²) < 4.78 is 25.5. The van der Waals surface area contributed by atoms with E-state index in [1.54, 1.807) is 0 Å². The zero-order valence-electron chi connectivity index (χ0n) is 8.58. The second-order valence-electron chi connectivity index (χ2n) is 4.29. The third-order valence-electron chi connectivity index (χ3n) is 2.86. The van der Waals surface area contributed by atoms with Gasteiger partial charge in [-0.25, -0.2) is 13.1 Å². The Morgan fingerprint density at radius 1 is 1.08 bits per heavy atom. The highest BCUT2D eigenvalue weighted by molar-refractivity contribution is 7.90. The first-order valence-electron chi connectivity index (χ1n) is 4.88. The second-order valence-corrected chi connectivity index (χ2v) is 6.45. The highest BCUT2D eigenvalue weighted by Gasteiger charge is 2.32. The Morgan fingerprint density at radius 3 is 1.92 bits per heavy atom. The zero-order chi connectivity index (χ0) is 10.1. The van der Waals surface area contributed by atoms with E-state index in [-0.39, 0.29) is 5.25 Å². The van der Waals surface area contributed by atoms with Crippen LogP contribution in [0.5, 0.6) is 0 Å². The van der Waals surface area contributed by atoms with Crippen molar-refractivity contribution in [1.29, 1.82) is 0 Å². The predicted octanol–water partition coefficient (Wildman–Crippen LogP) is 1.36. The monoisotopic (exact) mass is 205 g/mol. The molecule has 2 atom stereocenters. The van der Waals surface area contributed by atoms with E-state index in [9.17, 15) is 8.42 Å². The van der Waals surface area contributed by atoms with Crippen LogP contribution in [-0.2, 0) is 10.0 Å². The van der Waals surface area contributed by atoms with Gasteiger partial charge in [0.2, 0.25) is 10.0 Å². The number of rotatable bonds is 2. The molecule has 2 unspecified atom stereocenters. The van der Waals surface area contributed by atoms with Gasteiger partial charge >= 0.3 is 0 Å². The van der Waals surface area contributed by atoms with Gasteiger partial charge in [0.15, 0.2) is 0 Å². The predicted molar refractivity (Wildman–Crippen MR) is 53.9 cm³/mol. The van der Waals surface area contributed by atoms with Crippen LogP contribution in [0.2, 0.25) is 0 Å². The van der Waals surface area contributed by atoms with Crippen molar-refractivity contribution >= 4 is 10.0 Å².